The summed E-state index contributed by atoms with van der Waals surface area (Å²) in [4.78, 5) is 52.4. The second-order valence-corrected chi connectivity index (χ2v) is 17.0. The Labute approximate surface area is 490 Å². The van der Waals surface area contributed by atoms with Crippen molar-refractivity contribution in [1.82, 2.24) is 50.0 Å². The lowest BCUT2D eigenvalue weighted by atomic mass is 10.1. The van der Waals surface area contributed by atoms with Crippen molar-refractivity contribution in [1.29, 1.82) is 0 Å². The molecule has 0 bridgehead atoms. The molecule has 82 heavy (non-hydrogen) atoms. The van der Waals surface area contributed by atoms with E-state index in [0.717, 1.165) is 56.3 Å². The fourth-order valence-electron chi connectivity index (χ4n) is 5.31. The van der Waals surface area contributed by atoms with E-state index in [0.29, 0.717) is 34.7 Å². The smallest absolute Gasteiger partial charge is 0.306 e. The van der Waals surface area contributed by atoms with Crippen molar-refractivity contribution in [2.45, 2.75) is 46.5 Å². The van der Waals surface area contributed by atoms with E-state index in [9.17, 15) is 4.79 Å². The van der Waals surface area contributed by atoms with Gasteiger partial charge < -0.3 is 30.3 Å². The van der Waals surface area contributed by atoms with Crippen LogP contribution in [-0.2, 0) is 4.79 Å². The SMILES string of the molecule is C#Cc1ccncc1.CCC(C)C(=O)O.CCC(C)c1nc(-c2ccc(C#Cc3ccncc3)cn2)no1.Cl.N/C(=N\O)c1ccc(C#Cc2ccncc2)cn1.[C-]#[N+]c1ccc(Br)cn1.[C-]#[N+]c1ccc(C#Cc2ccncc2)cn1. The zero-order valence-electron chi connectivity index (χ0n) is 44.7. The summed E-state index contributed by atoms with van der Waals surface area (Å²) in [5.74, 6) is 21.8. The molecule has 0 saturated heterocycles. The van der Waals surface area contributed by atoms with E-state index in [4.69, 9.17) is 40.1 Å². The van der Waals surface area contributed by atoms with Crippen LogP contribution in [0.15, 0.2) is 186 Å². The predicted octanol–water partition coefficient (Wildman–Crippen LogP) is 11.8. The standard InChI is InChI=1S/C18H16N4O.C13H10N4O.C13H7N3.C7H5N.C6H3BrN2.C5H10O2.ClH/c1-3-13(2)18-21-17(22-23-18)16-7-6-15(12-20-16)5-4-14-8-10-19-11-9-14;14-13(17-18)12-4-3-11(9-16-12)2-1-10-5-7-15-8-6-10;1-14-13-5-4-12(10-16-13)3-2-11-6-8-15-9-7-11;1-2-7-3-5-8-6-4-7;1-8-6-3-2-5(7)4-9-6;1-3-4(2)5(6)7;/h6-13H,3H2,1-2H3;3-9,18H,(H2,14,17);4-10H;1,3-6H;2-4H;4H,3H2,1-2H3,(H,6,7);1H. The number of aromatic nitrogens is 10. The minimum absolute atomic E-state index is 0. The van der Waals surface area contributed by atoms with Crippen molar-refractivity contribution in [3.05, 3.63) is 249 Å². The summed E-state index contributed by atoms with van der Waals surface area (Å²) in [6, 6.07) is 28.7. The van der Waals surface area contributed by atoms with Gasteiger partial charge >= 0.3 is 5.97 Å². The molecular weight excluding hydrogens is 1120 g/mol. The summed E-state index contributed by atoms with van der Waals surface area (Å²) in [7, 11) is 0. The average Bonchev–Trinajstić information content (AvgIpc) is 4.05. The molecule has 408 valence electrons. The number of hydrogen-bond donors (Lipinski definition) is 3. The van der Waals surface area contributed by atoms with Crippen LogP contribution in [0.4, 0.5) is 11.6 Å². The Bertz CT molecular complexity index is 3700. The first kappa shape index (κ1) is 65.4. The maximum atomic E-state index is 9.93. The Morgan fingerprint density at radius 3 is 1.38 bits per heavy atom. The molecule has 9 aromatic heterocycles. The number of nitrogens with zero attached hydrogens (tertiary/aromatic N) is 13. The van der Waals surface area contributed by atoms with Crippen LogP contribution in [-0.4, -0.2) is 72.1 Å². The first-order valence-electron chi connectivity index (χ1n) is 24.3. The molecule has 18 nitrogen and oxygen atoms in total. The zero-order chi connectivity index (χ0) is 58.5. The number of rotatable bonds is 6. The molecule has 0 aromatic carbocycles. The molecule has 0 radical (unpaired) electrons. The van der Waals surface area contributed by atoms with Crippen molar-refractivity contribution in [2.24, 2.45) is 16.8 Å². The summed E-state index contributed by atoms with van der Waals surface area (Å²) < 4.78 is 6.17. The molecule has 9 rings (SSSR count). The molecule has 2 unspecified atom stereocenters. The summed E-state index contributed by atoms with van der Waals surface area (Å²) in [6.07, 6.45) is 26.8. The van der Waals surface area contributed by atoms with Gasteiger partial charge in [0.2, 0.25) is 11.7 Å². The molecule has 0 fully saturated rings. The quantitative estimate of drug-likeness (QED) is 0.0350. The number of carboxylic acids is 1. The molecule has 0 saturated carbocycles. The first-order valence-corrected chi connectivity index (χ1v) is 25.1. The van der Waals surface area contributed by atoms with Crippen LogP contribution >= 0.6 is 28.3 Å². The minimum atomic E-state index is -0.706. The zero-order valence-corrected chi connectivity index (χ0v) is 47.1. The number of pyridine rings is 8. The molecular formula is C62H52BrClN14O4. The average molecular weight is 1170 g/mol. The van der Waals surface area contributed by atoms with Crippen molar-refractivity contribution in [3.8, 4) is 59.4 Å². The summed E-state index contributed by atoms with van der Waals surface area (Å²) >= 11 is 3.21. The second kappa shape index (κ2) is 37.8. The molecule has 0 aliphatic heterocycles. The van der Waals surface area contributed by atoms with Crippen molar-refractivity contribution in [2.75, 3.05) is 0 Å². The number of terminal acetylenes is 1. The van der Waals surface area contributed by atoms with E-state index in [1.807, 2.05) is 55.5 Å². The van der Waals surface area contributed by atoms with Gasteiger partial charge in [-0.15, -0.1) is 28.8 Å². The van der Waals surface area contributed by atoms with Crippen LogP contribution in [0.2, 0.25) is 0 Å². The second-order valence-electron chi connectivity index (χ2n) is 16.1. The van der Waals surface area contributed by atoms with Crippen molar-refractivity contribution < 1.29 is 19.6 Å². The van der Waals surface area contributed by atoms with Crippen LogP contribution < -0.4 is 5.73 Å². The highest BCUT2D eigenvalue weighted by molar-refractivity contribution is 9.10. The third kappa shape index (κ3) is 25.0. The van der Waals surface area contributed by atoms with Gasteiger partial charge in [0.15, 0.2) is 5.84 Å². The van der Waals surface area contributed by atoms with Crippen molar-refractivity contribution in [3.63, 3.8) is 0 Å². The van der Waals surface area contributed by atoms with Gasteiger partial charge in [0.1, 0.15) is 23.8 Å². The maximum absolute atomic E-state index is 9.93. The first-order chi connectivity index (χ1) is 39.4. The van der Waals surface area contributed by atoms with Crippen LogP contribution in [0.1, 0.15) is 97.0 Å². The highest BCUT2D eigenvalue weighted by Crippen LogP contribution is 2.20. The Morgan fingerprint density at radius 2 is 1.05 bits per heavy atom. The molecule has 4 N–H and O–H groups in total. The monoisotopic (exact) mass is 1170 g/mol. The third-order valence-corrected chi connectivity index (χ3v) is 10.7. The molecule has 0 amide bonds. The van der Waals surface area contributed by atoms with Crippen LogP contribution in [0.3, 0.4) is 0 Å². The number of amidine groups is 1. The van der Waals surface area contributed by atoms with Gasteiger partial charge in [0.05, 0.1) is 16.0 Å². The van der Waals surface area contributed by atoms with E-state index in [1.54, 1.807) is 130 Å². The maximum Gasteiger partial charge on any atom is 0.306 e. The Hall–Kier alpha value is -10.9. The predicted molar refractivity (Wildman–Crippen MR) is 319 cm³/mol. The number of aliphatic carboxylic acids is 1. The molecule has 9 heterocycles. The van der Waals surface area contributed by atoms with Gasteiger partial charge in [0.25, 0.3) is 11.6 Å². The van der Waals surface area contributed by atoms with E-state index < -0.39 is 5.97 Å². The van der Waals surface area contributed by atoms with Gasteiger partial charge in [-0.05, 0) is 114 Å². The third-order valence-electron chi connectivity index (χ3n) is 10.3. The largest absolute Gasteiger partial charge is 0.481 e. The molecule has 0 aliphatic rings. The fraction of sp³-hybridized carbons (Fsp3) is 0.129. The lowest BCUT2D eigenvalue weighted by Gasteiger charge is -1.98. The van der Waals surface area contributed by atoms with Crippen LogP contribution in [0, 0.1) is 66.9 Å². The minimum Gasteiger partial charge on any atom is -0.481 e. The molecule has 20 heteroatoms. The van der Waals surface area contributed by atoms with Gasteiger partial charge in [-0.2, -0.15) is 4.98 Å². The number of halogens is 2. The fourth-order valence-corrected chi connectivity index (χ4v) is 5.54. The van der Waals surface area contributed by atoms with E-state index >= 15 is 0 Å². The molecule has 2 atom stereocenters. The number of carboxylic acid groups (broad SMARTS) is 1. The van der Waals surface area contributed by atoms with Crippen LogP contribution in [0.5, 0.6) is 0 Å². The van der Waals surface area contributed by atoms with Gasteiger partial charge in [-0.3, -0.25) is 34.7 Å². The summed E-state index contributed by atoms with van der Waals surface area (Å²) in [5, 5.41) is 23.5. The van der Waals surface area contributed by atoms with Crippen LogP contribution in [0.25, 0.3) is 21.2 Å². The van der Waals surface area contributed by atoms with E-state index in [-0.39, 0.29) is 30.1 Å². The Balaban J connectivity index is 0.000000271. The lowest BCUT2D eigenvalue weighted by molar-refractivity contribution is -0.141. The van der Waals surface area contributed by atoms with E-state index in [2.05, 4.69) is 136 Å². The summed E-state index contributed by atoms with van der Waals surface area (Å²) in [5.41, 5.74) is 12.4. The number of nitrogens with two attached hydrogens (primary N) is 1. The molecule has 9 aromatic rings. The van der Waals surface area contributed by atoms with Crippen molar-refractivity contribution >= 4 is 51.8 Å². The Kier molecular flexibility index (Phi) is 30.1. The highest BCUT2D eigenvalue weighted by atomic mass is 79.9. The lowest BCUT2D eigenvalue weighted by Crippen LogP contribution is -2.14. The van der Waals surface area contributed by atoms with Gasteiger partial charge in [0, 0.05) is 101 Å². The van der Waals surface area contributed by atoms with Gasteiger partial charge in [-0.25, -0.2) is 0 Å². The number of hydrogen-bond acceptors (Lipinski definition) is 14. The molecule has 0 aliphatic carbocycles. The summed E-state index contributed by atoms with van der Waals surface area (Å²) in [6.45, 7) is 21.0. The van der Waals surface area contributed by atoms with Gasteiger partial charge in [-0.1, -0.05) is 105 Å². The number of carbonyl (C=O) groups is 1. The number of oxime groups is 1. The molecule has 0 spiro atoms. The topological polar surface area (TPSA) is 247 Å². The Morgan fingerprint density at radius 1 is 0.622 bits per heavy atom. The normalized spacial score (nSPS) is 10.1. The highest BCUT2D eigenvalue weighted by Gasteiger charge is 2.14. The van der Waals surface area contributed by atoms with E-state index in [1.165, 1.54) is 0 Å².